The molecule has 146 valence electrons. The van der Waals surface area contributed by atoms with Gasteiger partial charge in [-0.1, -0.05) is 30.3 Å². The summed E-state index contributed by atoms with van der Waals surface area (Å²) in [5, 5.41) is 0. The Morgan fingerprint density at radius 2 is 1.69 bits per heavy atom. The highest BCUT2D eigenvalue weighted by atomic mass is 16.5. The average Bonchev–Trinajstić information content (AvgIpc) is 3.21. The zero-order valence-electron chi connectivity index (χ0n) is 16.5. The van der Waals surface area contributed by atoms with Crippen molar-refractivity contribution in [2.24, 2.45) is 0 Å². The van der Waals surface area contributed by atoms with Crippen molar-refractivity contribution in [2.75, 3.05) is 30.5 Å². The number of hydrogen-bond donors (Lipinski definition) is 0. The standard InChI is InChI=1S/C24H22N2O3/c1-25(19-8-4-3-5-9-19)22-11-7-6-10-20(22)23(27)26-15-14-17-16-18(24(28)29-2)12-13-21(17)26/h3-13,16H,14-15H2,1-2H3. The van der Waals surface area contributed by atoms with E-state index in [2.05, 4.69) is 0 Å². The van der Waals surface area contributed by atoms with Crippen molar-refractivity contribution in [1.82, 2.24) is 0 Å². The lowest BCUT2D eigenvalue weighted by atomic mass is 10.1. The van der Waals surface area contributed by atoms with Crippen LogP contribution in [-0.4, -0.2) is 32.6 Å². The van der Waals surface area contributed by atoms with Gasteiger partial charge in [-0.3, -0.25) is 4.79 Å². The number of nitrogens with zero attached hydrogens (tertiary/aromatic N) is 2. The van der Waals surface area contributed by atoms with Gasteiger partial charge >= 0.3 is 5.97 Å². The number of methoxy groups -OCH3 is 1. The predicted molar refractivity (Wildman–Crippen MR) is 114 cm³/mol. The van der Waals surface area contributed by atoms with Gasteiger partial charge in [0.1, 0.15) is 0 Å². The van der Waals surface area contributed by atoms with E-state index >= 15 is 0 Å². The Morgan fingerprint density at radius 3 is 2.45 bits per heavy atom. The van der Waals surface area contributed by atoms with E-state index in [9.17, 15) is 9.59 Å². The molecule has 1 amide bonds. The third-order valence-electron chi connectivity index (χ3n) is 5.28. The van der Waals surface area contributed by atoms with Crippen LogP contribution >= 0.6 is 0 Å². The molecule has 0 spiro atoms. The molecule has 0 saturated heterocycles. The highest BCUT2D eigenvalue weighted by Crippen LogP contribution is 2.33. The van der Waals surface area contributed by atoms with Gasteiger partial charge in [-0.2, -0.15) is 0 Å². The quantitative estimate of drug-likeness (QED) is 0.622. The number of amides is 1. The summed E-state index contributed by atoms with van der Waals surface area (Å²) >= 11 is 0. The second-order valence-corrected chi connectivity index (χ2v) is 6.95. The zero-order valence-corrected chi connectivity index (χ0v) is 16.5. The minimum absolute atomic E-state index is 0.0482. The Bertz CT molecular complexity index is 1060. The van der Waals surface area contributed by atoms with Gasteiger partial charge in [0.25, 0.3) is 5.91 Å². The molecule has 0 aromatic heterocycles. The fourth-order valence-electron chi connectivity index (χ4n) is 3.74. The van der Waals surface area contributed by atoms with Gasteiger partial charge in [0, 0.05) is 25.0 Å². The number of rotatable bonds is 4. The third-order valence-corrected chi connectivity index (χ3v) is 5.28. The van der Waals surface area contributed by atoms with Crippen molar-refractivity contribution >= 4 is 28.9 Å². The lowest BCUT2D eigenvalue weighted by Gasteiger charge is -2.25. The maximum atomic E-state index is 13.4. The maximum absolute atomic E-state index is 13.4. The van der Waals surface area contributed by atoms with Crippen LogP contribution in [0.4, 0.5) is 17.1 Å². The van der Waals surface area contributed by atoms with Crippen LogP contribution in [0.2, 0.25) is 0 Å². The normalized spacial score (nSPS) is 12.4. The van der Waals surface area contributed by atoms with Gasteiger partial charge in [0.2, 0.25) is 0 Å². The number of esters is 1. The Balaban J connectivity index is 1.67. The van der Waals surface area contributed by atoms with Crippen molar-refractivity contribution in [3.05, 3.63) is 89.5 Å². The molecule has 0 aliphatic carbocycles. The smallest absolute Gasteiger partial charge is 0.337 e. The summed E-state index contributed by atoms with van der Waals surface area (Å²) in [6.45, 7) is 0.585. The van der Waals surface area contributed by atoms with E-state index in [1.807, 2.05) is 78.7 Å². The van der Waals surface area contributed by atoms with E-state index in [1.165, 1.54) is 7.11 Å². The summed E-state index contributed by atoms with van der Waals surface area (Å²) in [5.74, 6) is -0.416. The van der Waals surface area contributed by atoms with E-state index in [-0.39, 0.29) is 11.9 Å². The van der Waals surface area contributed by atoms with Crippen molar-refractivity contribution in [3.8, 4) is 0 Å². The number of carbonyl (C=O) groups excluding carboxylic acids is 2. The Hall–Kier alpha value is -3.60. The van der Waals surface area contributed by atoms with Crippen molar-refractivity contribution < 1.29 is 14.3 Å². The summed E-state index contributed by atoms with van der Waals surface area (Å²) < 4.78 is 4.80. The number of anilines is 3. The van der Waals surface area contributed by atoms with Crippen LogP contribution in [0, 0.1) is 0 Å². The molecule has 0 saturated carbocycles. The Kier molecular flexibility index (Phi) is 5.04. The molecular weight excluding hydrogens is 364 g/mol. The van der Waals surface area contributed by atoms with Gasteiger partial charge in [-0.25, -0.2) is 4.79 Å². The first kappa shape index (κ1) is 18.7. The Labute approximate surface area is 170 Å². The minimum Gasteiger partial charge on any atom is -0.465 e. The highest BCUT2D eigenvalue weighted by Gasteiger charge is 2.28. The second kappa shape index (κ2) is 7.80. The molecule has 0 bridgehead atoms. The number of hydrogen-bond acceptors (Lipinski definition) is 4. The first-order chi connectivity index (χ1) is 14.1. The first-order valence-corrected chi connectivity index (χ1v) is 9.51. The van der Waals surface area contributed by atoms with Crippen LogP contribution in [-0.2, 0) is 11.2 Å². The third kappa shape index (κ3) is 3.47. The molecule has 4 rings (SSSR count). The van der Waals surface area contributed by atoms with Crippen LogP contribution in [0.15, 0.2) is 72.8 Å². The van der Waals surface area contributed by atoms with Crippen LogP contribution in [0.1, 0.15) is 26.3 Å². The molecule has 0 radical (unpaired) electrons. The SMILES string of the molecule is COC(=O)c1ccc2c(c1)CCN2C(=O)c1ccccc1N(C)c1ccccc1. The van der Waals surface area contributed by atoms with Crippen LogP contribution in [0.3, 0.4) is 0 Å². The van der Waals surface area contributed by atoms with E-state index in [4.69, 9.17) is 4.74 Å². The van der Waals surface area contributed by atoms with Crippen LogP contribution in [0.25, 0.3) is 0 Å². The van der Waals surface area contributed by atoms with Gasteiger partial charge in [0.15, 0.2) is 0 Å². The zero-order chi connectivity index (χ0) is 20.4. The molecule has 5 heteroatoms. The largest absolute Gasteiger partial charge is 0.465 e. The fourth-order valence-corrected chi connectivity index (χ4v) is 3.74. The molecule has 3 aromatic rings. The van der Waals surface area contributed by atoms with E-state index in [0.717, 1.165) is 22.6 Å². The molecule has 0 unspecified atom stereocenters. The molecular formula is C24H22N2O3. The predicted octanol–water partition coefficient (Wildman–Crippen LogP) is 4.44. The molecule has 29 heavy (non-hydrogen) atoms. The van der Waals surface area contributed by atoms with E-state index in [1.54, 1.807) is 11.0 Å². The molecule has 0 fully saturated rings. The Morgan fingerprint density at radius 1 is 0.966 bits per heavy atom. The summed E-state index contributed by atoms with van der Waals surface area (Å²) in [4.78, 5) is 29.0. The number of ether oxygens (including phenoxy) is 1. The van der Waals surface area contributed by atoms with Crippen molar-refractivity contribution in [1.29, 1.82) is 0 Å². The number of carbonyl (C=O) groups is 2. The number of benzene rings is 3. The van der Waals surface area contributed by atoms with Gasteiger partial charge in [-0.15, -0.1) is 0 Å². The minimum atomic E-state index is -0.368. The van der Waals surface area contributed by atoms with E-state index < -0.39 is 0 Å². The molecule has 0 N–H and O–H groups in total. The fraction of sp³-hybridized carbons (Fsp3) is 0.167. The average molecular weight is 386 g/mol. The summed E-state index contributed by atoms with van der Waals surface area (Å²) in [5.41, 5.74) is 4.84. The summed E-state index contributed by atoms with van der Waals surface area (Å²) in [6.07, 6.45) is 0.711. The number of fused-ring (bicyclic) bond motifs is 1. The number of para-hydroxylation sites is 2. The van der Waals surface area contributed by atoms with Gasteiger partial charge in [0.05, 0.1) is 23.9 Å². The summed E-state index contributed by atoms with van der Waals surface area (Å²) in [6, 6.07) is 22.9. The lowest BCUT2D eigenvalue weighted by molar-refractivity contribution is 0.0600. The maximum Gasteiger partial charge on any atom is 0.337 e. The van der Waals surface area contributed by atoms with Crippen LogP contribution in [0.5, 0.6) is 0 Å². The molecule has 1 aliphatic heterocycles. The topological polar surface area (TPSA) is 49.9 Å². The highest BCUT2D eigenvalue weighted by molar-refractivity contribution is 6.11. The molecule has 5 nitrogen and oxygen atoms in total. The van der Waals surface area contributed by atoms with Crippen LogP contribution < -0.4 is 9.80 Å². The molecule has 0 atom stereocenters. The van der Waals surface area contributed by atoms with Crippen molar-refractivity contribution in [3.63, 3.8) is 0 Å². The van der Waals surface area contributed by atoms with Gasteiger partial charge in [-0.05, 0) is 54.4 Å². The van der Waals surface area contributed by atoms with Crippen molar-refractivity contribution in [2.45, 2.75) is 6.42 Å². The molecule has 3 aromatic carbocycles. The summed E-state index contributed by atoms with van der Waals surface area (Å²) in [7, 11) is 3.33. The van der Waals surface area contributed by atoms with Gasteiger partial charge < -0.3 is 14.5 Å². The monoisotopic (exact) mass is 386 g/mol. The lowest BCUT2D eigenvalue weighted by Crippen LogP contribution is -2.30. The molecule has 1 aliphatic rings. The molecule has 1 heterocycles. The van der Waals surface area contributed by atoms with E-state index in [0.29, 0.717) is 24.1 Å². The first-order valence-electron chi connectivity index (χ1n) is 9.51. The second-order valence-electron chi connectivity index (χ2n) is 6.95.